The Hall–Kier alpha value is -1.30. The van der Waals surface area contributed by atoms with Crippen LogP contribution in [0.2, 0.25) is 5.02 Å². The van der Waals surface area contributed by atoms with Gasteiger partial charge in [0, 0.05) is 42.2 Å². The molecule has 2 nitrogen and oxygen atoms in total. The summed E-state index contributed by atoms with van der Waals surface area (Å²) < 4.78 is 6.07. The normalized spacial score (nSPS) is 16.0. The van der Waals surface area contributed by atoms with Crippen LogP contribution in [0.15, 0.2) is 58.3 Å². The number of halogens is 1. The fourth-order valence-corrected chi connectivity index (χ4v) is 6.58. The van der Waals surface area contributed by atoms with Crippen LogP contribution in [0.1, 0.15) is 24.1 Å². The highest BCUT2D eigenvalue weighted by atomic mass is 35.5. The minimum atomic E-state index is 0.677. The van der Waals surface area contributed by atoms with Gasteiger partial charge in [-0.3, -0.25) is 0 Å². The number of thiophene rings is 1. The molecule has 2 aliphatic heterocycles. The zero-order chi connectivity index (χ0) is 19.6. The lowest BCUT2D eigenvalue weighted by molar-refractivity contribution is 0.0878. The molecule has 3 aromatic rings. The topological polar surface area (TPSA) is 12.5 Å². The summed E-state index contributed by atoms with van der Waals surface area (Å²) in [5, 5.41) is 0.786. The van der Waals surface area contributed by atoms with Gasteiger partial charge in [-0.05, 0) is 61.8 Å². The Morgan fingerprint density at radius 2 is 1.72 bits per heavy atom. The molecule has 0 saturated carbocycles. The molecule has 3 heterocycles. The molecule has 0 spiro atoms. The maximum Gasteiger partial charge on any atom is 0.0810 e. The van der Waals surface area contributed by atoms with Crippen LogP contribution in [0.5, 0.6) is 0 Å². The van der Waals surface area contributed by atoms with Gasteiger partial charge >= 0.3 is 0 Å². The van der Waals surface area contributed by atoms with Gasteiger partial charge in [0.05, 0.1) is 13.2 Å². The Bertz CT molecular complexity index is 1010. The second-order valence-corrected chi connectivity index (χ2v) is 10.3. The second-order valence-electron chi connectivity index (χ2n) is 7.65. The van der Waals surface area contributed by atoms with Gasteiger partial charge in [0.2, 0.25) is 0 Å². The van der Waals surface area contributed by atoms with Gasteiger partial charge in [0.25, 0.3) is 0 Å². The van der Waals surface area contributed by atoms with E-state index in [4.69, 9.17) is 16.3 Å². The van der Waals surface area contributed by atoms with Crippen LogP contribution in [0.3, 0.4) is 0 Å². The summed E-state index contributed by atoms with van der Waals surface area (Å²) in [5.41, 5.74) is 3.84. The highest BCUT2D eigenvalue weighted by Gasteiger charge is 2.22. The first-order chi connectivity index (χ1) is 14.3. The standard InChI is InChI=1S/C24H24ClNOS2/c25-17-8-9-23-21(14-17)24-20(19-6-2-3-7-22(19)29-23)15-18(28-24)16-27-13-12-26-10-4-1-5-11-26/h2-3,6-9,14-15H,1,4-5,10-13,16H2. The third-order valence-electron chi connectivity index (χ3n) is 5.61. The van der Waals surface area contributed by atoms with Gasteiger partial charge in [-0.15, -0.1) is 11.3 Å². The minimum absolute atomic E-state index is 0.677. The molecule has 0 aliphatic carbocycles. The van der Waals surface area contributed by atoms with E-state index < -0.39 is 0 Å². The number of ether oxygens (including phenoxy) is 1. The number of fused-ring (bicyclic) bond motifs is 5. The van der Waals surface area contributed by atoms with E-state index in [1.807, 2.05) is 29.2 Å². The summed E-state index contributed by atoms with van der Waals surface area (Å²) in [5.74, 6) is 0. The lowest BCUT2D eigenvalue weighted by Crippen LogP contribution is -2.32. The Kier molecular flexibility index (Phi) is 5.98. The van der Waals surface area contributed by atoms with Crippen molar-refractivity contribution in [2.75, 3.05) is 26.2 Å². The van der Waals surface area contributed by atoms with E-state index in [2.05, 4.69) is 47.4 Å². The van der Waals surface area contributed by atoms with E-state index in [1.54, 1.807) is 0 Å². The van der Waals surface area contributed by atoms with E-state index in [-0.39, 0.29) is 0 Å². The lowest BCUT2D eigenvalue weighted by Gasteiger charge is -2.26. The third kappa shape index (κ3) is 4.28. The number of benzene rings is 2. The van der Waals surface area contributed by atoms with Crippen molar-refractivity contribution in [3.63, 3.8) is 0 Å². The second kappa shape index (κ2) is 8.83. The molecule has 0 bridgehead atoms. The van der Waals surface area contributed by atoms with Crippen LogP contribution in [0, 0.1) is 0 Å². The van der Waals surface area contributed by atoms with Gasteiger partial charge in [-0.1, -0.05) is 48.0 Å². The predicted octanol–water partition coefficient (Wildman–Crippen LogP) is 7.20. The molecule has 5 rings (SSSR count). The summed E-state index contributed by atoms with van der Waals surface area (Å²) in [7, 11) is 0. The average Bonchev–Trinajstić information content (AvgIpc) is 3.12. The summed E-state index contributed by atoms with van der Waals surface area (Å²) in [6.45, 7) is 4.97. The zero-order valence-electron chi connectivity index (χ0n) is 16.3. The maximum absolute atomic E-state index is 6.36. The first-order valence-corrected chi connectivity index (χ1v) is 12.3. The fraction of sp³-hybridized carbons (Fsp3) is 0.333. The highest BCUT2D eigenvalue weighted by Crippen LogP contribution is 2.51. The van der Waals surface area contributed by atoms with Gasteiger partial charge < -0.3 is 9.64 Å². The molecule has 5 heteroatoms. The Morgan fingerprint density at radius 3 is 2.62 bits per heavy atom. The molecular weight excluding hydrogens is 418 g/mol. The minimum Gasteiger partial charge on any atom is -0.375 e. The molecule has 29 heavy (non-hydrogen) atoms. The summed E-state index contributed by atoms with van der Waals surface area (Å²) in [4.78, 5) is 7.67. The van der Waals surface area contributed by atoms with Crippen molar-refractivity contribution in [3.05, 3.63) is 58.4 Å². The first kappa shape index (κ1) is 19.7. The quantitative estimate of drug-likeness (QED) is 0.304. The largest absolute Gasteiger partial charge is 0.375 e. The van der Waals surface area contributed by atoms with Crippen molar-refractivity contribution >= 4 is 34.7 Å². The molecule has 0 N–H and O–H groups in total. The third-order valence-corrected chi connectivity index (χ3v) is 8.14. The van der Waals surface area contributed by atoms with Crippen LogP contribution in [0.4, 0.5) is 0 Å². The number of hydrogen-bond acceptors (Lipinski definition) is 4. The average molecular weight is 442 g/mol. The number of likely N-dealkylation sites (tertiary alicyclic amines) is 1. The van der Waals surface area contributed by atoms with Crippen LogP contribution in [0.25, 0.3) is 21.6 Å². The predicted molar refractivity (Wildman–Crippen MR) is 124 cm³/mol. The molecule has 0 unspecified atom stereocenters. The van der Waals surface area contributed by atoms with Crippen molar-refractivity contribution in [1.82, 2.24) is 4.90 Å². The fourth-order valence-electron chi connectivity index (χ4n) is 4.13. The number of hydrogen-bond donors (Lipinski definition) is 0. The Morgan fingerprint density at radius 1 is 0.897 bits per heavy atom. The van der Waals surface area contributed by atoms with Crippen molar-refractivity contribution in [1.29, 1.82) is 0 Å². The van der Waals surface area contributed by atoms with Crippen LogP contribution < -0.4 is 0 Å². The van der Waals surface area contributed by atoms with Gasteiger partial charge in [-0.25, -0.2) is 0 Å². The van der Waals surface area contributed by atoms with Crippen molar-refractivity contribution in [3.8, 4) is 21.6 Å². The van der Waals surface area contributed by atoms with Crippen molar-refractivity contribution in [2.45, 2.75) is 35.7 Å². The smallest absolute Gasteiger partial charge is 0.0810 e. The van der Waals surface area contributed by atoms with Crippen LogP contribution in [-0.4, -0.2) is 31.1 Å². The Labute approximate surface area is 185 Å². The van der Waals surface area contributed by atoms with Gasteiger partial charge in [-0.2, -0.15) is 0 Å². The molecule has 0 radical (unpaired) electrons. The summed E-state index contributed by atoms with van der Waals surface area (Å²) in [6, 6.07) is 17.2. The molecular formula is C24H24ClNOS2. The van der Waals surface area contributed by atoms with E-state index in [1.165, 1.54) is 68.6 Å². The monoisotopic (exact) mass is 441 g/mol. The first-order valence-electron chi connectivity index (χ1n) is 10.3. The van der Waals surface area contributed by atoms with Crippen molar-refractivity contribution in [2.24, 2.45) is 0 Å². The molecule has 150 valence electrons. The maximum atomic E-state index is 6.36. The Balaban J connectivity index is 1.39. The molecule has 0 atom stereocenters. The van der Waals surface area contributed by atoms with E-state index in [0.29, 0.717) is 6.61 Å². The van der Waals surface area contributed by atoms with Crippen LogP contribution >= 0.6 is 34.7 Å². The lowest BCUT2D eigenvalue weighted by atomic mass is 10.0. The van der Waals surface area contributed by atoms with Gasteiger partial charge in [0.1, 0.15) is 0 Å². The zero-order valence-corrected chi connectivity index (χ0v) is 18.7. The molecule has 2 aromatic carbocycles. The molecule has 1 saturated heterocycles. The molecule has 0 amide bonds. The highest BCUT2D eigenvalue weighted by molar-refractivity contribution is 7.99. The summed E-state index contributed by atoms with van der Waals surface area (Å²) in [6.07, 6.45) is 4.04. The number of rotatable bonds is 5. The van der Waals surface area contributed by atoms with E-state index in [0.717, 1.165) is 18.2 Å². The number of nitrogens with zero attached hydrogens (tertiary/aromatic N) is 1. The van der Waals surface area contributed by atoms with E-state index >= 15 is 0 Å². The molecule has 1 fully saturated rings. The SMILES string of the molecule is Clc1ccc2c(c1)-c1sc(COCCN3CCCCC3)cc1-c1ccccc1S2. The van der Waals surface area contributed by atoms with Crippen molar-refractivity contribution < 1.29 is 4.74 Å². The van der Waals surface area contributed by atoms with E-state index in [9.17, 15) is 0 Å². The summed E-state index contributed by atoms with van der Waals surface area (Å²) >= 11 is 10.0. The van der Waals surface area contributed by atoms with Crippen LogP contribution in [-0.2, 0) is 11.3 Å². The van der Waals surface area contributed by atoms with Gasteiger partial charge in [0.15, 0.2) is 0 Å². The molecule has 1 aromatic heterocycles. The molecule has 2 aliphatic rings. The number of piperidine rings is 1.